The zero-order valence-electron chi connectivity index (χ0n) is 10.6. The second kappa shape index (κ2) is 5.32. The van der Waals surface area contributed by atoms with E-state index in [1.807, 2.05) is 0 Å². The molecule has 1 fully saturated rings. The molecule has 0 unspecified atom stereocenters. The Morgan fingerprint density at radius 2 is 2.00 bits per heavy atom. The van der Waals surface area contributed by atoms with Crippen LogP contribution < -0.4 is 5.32 Å². The Bertz CT molecular complexity index is 653. The van der Waals surface area contributed by atoms with Crippen molar-refractivity contribution in [2.24, 2.45) is 0 Å². The Labute approximate surface area is 124 Å². The highest BCUT2D eigenvalue weighted by Crippen LogP contribution is 2.41. The summed E-state index contributed by atoms with van der Waals surface area (Å²) in [5.41, 5.74) is 1.98. The van der Waals surface area contributed by atoms with E-state index in [0.29, 0.717) is 17.2 Å². The topological polar surface area (TPSA) is 42.0 Å². The molecule has 1 aliphatic carbocycles. The number of hydrogen-bond donors (Lipinski definition) is 1. The predicted octanol–water partition coefficient (Wildman–Crippen LogP) is 4.11. The van der Waals surface area contributed by atoms with Gasteiger partial charge in [-0.25, -0.2) is 4.39 Å². The number of aromatic nitrogens is 1. The van der Waals surface area contributed by atoms with Crippen molar-refractivity contribution in [2.45, 2.75) is 18.8 Å². The van der Waals surface area contributed by atoms with Crippen molar-refractivity contribution in [1.82, 2.24) is 4.98 Å². The summed E-state index contributed by atoms with van der Waals surface area (Å²) in [6, 6.07) is 7.48. The summed E-state index contributed by atoms with van der Waals surface area (Å²) in [5, 5.41) is 2.77. The fourth-order valence-corrected chi connectivity index (χ4v) is 2.38. The highest BCUT2D eigenvalue weighted by molar-refractivity contribution is 9.10. The fourth-order valence-electron chi connectivity index (χ4n) is 2.05. The lowest BCUT2D eigenvalue weighted by molar-refractivity contribution is 0.102. The molecular weight excluding hydrogens is 323 g/mol. The molecule has 1 N–H and O–H groups in total. The van der Waals surface area contributed by atoms with Gasteiger partial charge in [-0.3, -0.25) is 9.78 Å². The monoisotopic (exact) mass is 334 g/mol. The summed E-state index contributed by atoms with van der Waals surface area (Å²) in [6.07, 6.45) is 3.86. The number of nitrogens with zero attached hydrogens (tertiary/aromatic N) is 1. The number of amides is 1. The van der Waals surface area contributed by atoms with Crippen molar-refractivity contribution in [2.75, 3.05) is 5.32 Å². The minimum atomic E-state index is -0.328. The standard InChI is InChI=1S/C15H12BrFN2O/c16-10-7-13(14(18-8-10)9-1-2-9)15(20)19-12-5-3-11(17)4-6-12/h3-9H,1-2H2,(H,19,20). The molecule has 1 saturated carbocycles. The second-order valence-electron chi connectivity index (χ2n) is 4.82. The van der Waals surface area contributed by atoms with Crippen LogP contribution in [-0.4, -0.2) is 10.9 Å². The van der Waals surface area contributed by atoms with Crippen LogP contribution in [0.5, 0.6) is 0 Å². The first-order valence-corrected chi connectivity index (χ1v) is 7.15. The molecule has 5 heteroatoms. The third kappa shape index (κ3) is 2.88. The van der Waals surface area contributed by atoms with Crippen LogP contribution >= 0.6 is 15.9 Å². The van der Waals surface area contributed by atoms with Crippen molar-refractivity contribution in [1.29, 1.82) is 0 Å². The highest BCUT2D eigenvalue weighted by Gasteiger charge is 2.29. The van der Waals surface area contributed by atoms with E-state index in [1.165, 1.54) is 24.3 Å². The lowest BCUT2D eigenvalue weighted by Gasteiger charge is -2.09. The van der Waals surface area contributed by atoms with E-state index in [0.717, 1.165) is 23.0 Å². The molecule has 1 heterocycles. The number of hydrogen-bond acceptors (Lipinski definition) is 2. The van der Waals surface area contributed by atoms with Crippen LogP contribution in [0.25, 0.3) is 0 Å². The maximum Gasteiger partial charge on any atom is 0.257 e. The van der Waals surface area contributed by atoms with Crippen LogP contribution in [-0.2, 0) is 0 Å². The van der Waals surface area contributed by atoms with Gasteiger partial charge in [0, 0.05) is 22.3 Å². The number of carbonyl (C=O) groups excluding carboxylic acids is 1. The average molecular weight is 335 g/mol. The summed E-state index contributed by atoms with van der Waals surface area (Å²) >= 11 is 3.34. The Hall–Kier alpha value is -1.75. The molecule has 1 aromatic heterocycles. The first-order valence-electron chi connectivity index (χ1n) is 6.36. The lowest BCUT2D eigenvalue weighted by Crippen LogP contribution is -2.15. The predicted molar refractivity (Wildman–Crippen MR) is 78.3 cm³/mol. The summed E-state index contributed by atoms with van der Waals surface area (Å²) in [4.78, 5) is 16.7. The van der Waals surface area contributed by atoms with Crippen molar-refractivity contribution in [3.63, 3.8) is 0 Å². The lowest BCUT2D eigenvalue weighted by atomic mass is 10.1. The van der Waals surface area contributed by atoms with Crippen LogP contribution in [0.4, 0.5) is 10.1 Å². The summed E-state index contributed by atoms with van der Waals surface area (Å²) in [7, 11) is 0. The number of halogens is 2. The van der Waals surface area contributed by atoms with E-state index in [2.05, 4.69) is 26.2 Å². The first kappa shape index (κ1) is 13.2. The molecule has 0 aliphatic heterocycles. The van der Waals surface area contributed by atoms with Gasteiger partial charge < -0.3 is 5.32 Å². The molecule has 1 amide bonds. The number of carbonyl (C=O) groups is 1. The van der Waals surface area contributed by atoms with Crippen molar-refractivity contribution < 1.29 is 9.18 Å². The average Bonchev–Trinajstić information content (AvgIpc) is 3.26. The number of pyridine rings is 1. The van der Waals surface area contributed by atoms with Crippen LogP contribution in [0.1, 0.15) is 34.8 Å². The summed E-state index contributed by atoms with van der Waals surface area (Å²) in [5.74, 6) is -0.157. The Kier molecular flexibility index (Phi) is 3.53. The van der Waals surface area contributed by atoms with Crippen molar-refractivity contribution in [3.05, 3.63) is 58.1 Å². The molecule has 0 spiro atoms. The molecule has 1 aliphatic rings. The fraction of sp³-hybridized carbons (Fsp3) is 0.200. The quantitative estimate of drug-likeness (QED) is 0.917. The number of nitrogens with one attached hydrogen (secondary N) is 1. The number of benzene rings is 1. The van der Waals surface area contributed by atoms with E-state index < -0.39 is 0 Å². The molecule has 3 nitrogen and oxygen atoms in total. The molecule has 0 bridgehead atoms. The van der Waals surface area contributed by atoms with Gasteiger partial charge in [-0.15, -0.1) is 0 Å². The van der Waals surface area contributed by atoms with Crippen molar-refractivity contribution >= 4 is 27.5 Å². The largest absolute Gasteiger partial charge is 0.322 e. The van der Waals surface area contributed by atoms with Crippen LogP contribution in [0, 0.1) is 5.82 Å². The first-order chi connectivity index (χ1) is 9.63. The van der Waals surface area contributed by atoms with Gasteiger partial charge in [0.25, 0.3) is 5.91 Å². The highest BCUT2D eigenvalue weighted by atomic mass is 79.9. The molecule has 3 rings (SSSR count). The van der Waals surface area contributed by atoms with E-state index in [4.69, 9.17) is 0 Å². The molecule has 102 valence electrons. The van der Waals surface area contributed by atoms with Gasteiger partial charge >= 0.3 is 0 Å². The molecule has 0 atom stereocenters. The van der Waals surface area contributed by atoms with E-state index >= 15 is 0 Å². The minimum absolute atomic E-state index is 0.215. The van der Waals surface area contributed by atoms with E-state index in [-0.39, 0.29) is 11.7 Å². The maximum absolute atomic E-state index is 12.8. The van der Waals surface area contributed by atoms with Gasteiger partial charge in [0.05, 0.1) is 11.3 Å². The SMILES string of the molecule is O=C(Nc1ccc(F)cc1)c1cc(Br)cnc1C1CC1. The molecule has 2 aromatic rings. The number of rotatable bonds is 3. The molecule has 0 radical (unpaired) electrons. The Balaban J connectivity index is 1.86. The van der Waals surface area contributed by atoms with Gasteiger partial charge in [0.2, 0.25) is 0 Å². The van der Waals surface area contributed by atoms with Gasteiger partial charge in [-0.2, -0.15) is 0 Å². The van der Waals surface area contributed by atoms with Crippen molar-refractivity contribution in [3.8, 4) is 0 Å². The number of anilines is 1. The van der Waals surface area contributed by atoms with Crippen LogP contribution in [0.15, 0.2) is 41.0 Å². The van der Waals surface area contributed by atoms with E-state index in [1.54, 1.807) is 12.3 Å². The zero-order chi connectivity index (χ0) is 14.1. The third-order valence-corrected chi connectivity index (χ3v) is 3.63. The molecule has 1 aromatic carbocycles. The van der Waals surface area contributed by atoms with E-state index in [9.17, 15) is 9.18 Å². The third-order valence-electron chi connectivity index (χ3n) is 3.20. The minimum Gasteiger partial charge on any atom is -0.322 e. The van der Waals surface area contributed by atoms with Gasteiger partial charge in [0.15, 0.2) is 0 Å². The van der Waals surface area contributed by atoms with Gasteiger partial charge in [-0.05, 0) is 59.1 Å². The molecule has 20 heavy (non-hydrogen) atoms. The second-order valence-corrected chi connectivity index (χ2v) is 5.74. The zero-order valence-corrected chi connectivity index (χ0v) is 12.2. The van der Waals surface area contributed by atoms with Crippen LogP contribution in [0.3, 0.4) is 0 Å². The molecular formula is C15H12BrFN2O. The normalized spacial score (nSPS) is 14.1. The maximum atomic E-state index is 12.8. The van der Waals surface area contributed by atoms with Gasteiger partial charge in [0.1, 0.15) is 5.82 Å². The Morgan fingerprint density at radius 1 is 1.30 bits per heavy atom. The smallest absolute Gasteiger partial charge is 0.257 e. The van der Waals surface area contributed by atoms with Crippen LogP contribution in [0.2, 0.25) is 0 Å². The summed E-state index contributed by atoms with van der Waals surface area (Å²) < 4.78 is 13.6. The summed E-state index contributed by atoms with van der Waals surface area (Å²) in [6.45, 7) is 0. The van der Waals surface area contributed by atoms with Gasteiger partial charge in [-0.1, -0.05) is 0 Å². The Morgan fingerprint density at radius 3 is 2.65 bits per heavy atom. The molecule has 0 saturated heterocycles.